The lowest BCUT2D eigenvalue weighted by atomic mass is 9.74. The van der Waals surface area contributed by atoms with Crippen molar-refractivity contribution in [3.05, 3.63) is 33.8 Å². The summed E-state index contributed by atoms with van der Waals surface area (Å²) in [5.74, 6) is 0.173. The molecule has 0 radical (unpaired) electrons. The van der Waals surface area contributed by atoms with Crippen molar-refractivity contribution in [2.75, 3.05) is 13.2 Å². The van der Waals surface area contributed by atoms with Crippen LogP contribution in [0.15, 0.2) is 18.2 Å². The molecule has 0 aliphatic carbocycles. The molecular weight excluding hydrogens is 259 g/mol. The Hall–Kier alpha value is -0.280. The van der Waals surface area contributed by atoms with Gasteiger partial charge in [-0.1, -0.05) is 43.1 Å². The number of rotatable bonds is 5. The molecule has 1 rings (SSSR count). The molecule has 0 spiro atoms. The monoisotopic (exact) mass is 276 g/mol. The van der Waals surface area contributed by atoms with Crippen LogP contribution in [0.4, 0.5) is 0 Å². The molecule has 0 atom stereocenters. The third kappa shape index (κ3) is 3.35. The fraction of sp³-hybridized carbons (Fsp3) is 0.538. The summed E-state index contributed by atoms with van der Waals surface area (Å²) in [6.45, 7) is 3.87. The molecule has 1 aromatic carbocycles. The zero-order valence-electron chi connectivity index (χ0n) is 10.1. The maximum absolute atomic E-state index is 9.51. The van der Waals surface area contributed by atoms with E-state index in [1.54, 1.807) is 12.1 Å². The van der Waals surface area contributed by atoms with Gasteiger partial charge in [0.1, 0.15) is 0 Å². The van der Waals surface area contributed by atoms with Crippen LogP contribution in [0.3, 0.4) is 0 Å². The van der Waals surface area contributed by atoms with Gasteiger partial charge in [0.2, 0.25) is 0 Å². The molecule has 0 saturated heterocycles. The minimum absolute atomic E-state index is 0.0542. The average Bonchev–Trinajstić information content (AvgIpc) is 2.30. The molecular formula is C13H18Cl2O2. The van der Waals surface area contributed by atoms with Crippen molar-refractivity contribution in [3.8, 4) is 0 Å². The quantitative estimate of drug-likeness (QED) is 0.868. The van der Waals surface area contributed by atoms with Crippen LogP contribution in [0.2, 0.25) is 10.0 Å². The number of benzene rings is 1. The first kappa shape index (κ1) is 14.8. The Morgan fingerprint density at radius 2 is 1.71 bits per heavy atom. The largest absolute Gasteiger partial charge is 0.396 e. The molecule has 0 amide bonds. The Balaban J connectivity index is 2.97. The van der Waals surface area contributed by atoms with E-state index in [1.165, 1.54) is 0 Å². The molecule has 0 aliphatic heterocycles. The van der Waals surface area contributed by atoms with Gasteiger partial charge in [0.15, 0.2) is 0 Å². The van der Waals surface area contributed by atoms with Crippen LogP contribution >= 0.6 is 23.2 Å². The summed E-state index contributed by atoms with van der Waals surface area (Å²) in [7, 11) is 0. The van der Waals surface area contributed by atoms with E-state index in [4.69, 9.17) is 23.2 Å². The van der Waals surface area contributed by atoms with Gasteiger partial charge in [0.05, 0.1) is 23.3 Å². The number of aliphatic hydroxyl groups excluding tert-OH is 2. The Labute approximate surface area is 112 Å². The summed E-state index contributed by atoms with van der Waals surface area (Å²) < 4.78 is 0. The first-order valence-corrected chi connectivity index (χ1v) is 6.36. The number of hydrogen-bond donors (Lipinski definition) is 2. The summed E-state index contributed by atoms with van der Waals surface area (Å²) in [6, 6.07) is 5.39. The highest BCUT2D eigenvalue weighted by atomic mass is 35.5. The molecule has 4 heteroatoms. The van der Waals surface area contributed by atoms with E-state index in [-0.39, 0.29) is 19.1 Å². The Kier molecular flexibility index (Phi) is 5.26. The Bertz CT molecular complexity index is 374. The average molecular weight is 277 g/mol. The van der Waals surface area contributed by atoms with Gasteiger partial charge >= 0.3 is 0 Å². The highest BCUT2D eigenvalue weighted by Crippen LogP contribution is 2.33. The fourth-order valence-corrected chi connectivity index (χ4v) is 2.11. The SMILES string of the molecule is CC(C)C(CO)(CO)Cc1ccc(Cl)c(Cl)c1. The van der Waals surface area contributed by atoms with E-state index in [0.29, 0.717) is 16.5 Å². The molecule has 2 N–H and O–H groups in total. The van der Waals surface area contributed by atoms with E-state index in [9.17, 15) is 10.2 Å². The highest BCUT2D eigenvalue weighted by molar-refractivity contribution is 6.42. The molecule has 96 valence electrons. The van der Waals surface area contributed by atoms with E-state index in [1.807, 2.05) is 19.9 Å². The molecule has 0 heterocycles. The van der Waals surface area contributed by atoms with Gasteiger partial charge in [-0.25, -0.2) is 0 Å². The molecule has 2 nitrogen and oxygen atoms in total. The van der Waals surface area contributed by atoms with Crippen LogP contribution in [-0.4, -0.2) is 23.4 Å². The number of aliphatic hydroxyl groups is 2. The van der Waals surface area contributed by atoms with E-state index in [0.717, 1.165) is 5.56 Å². The summed E-state index contributed by atoms with van der Waals surface area (Å²) >= 11 is 11.8. The van der Waals surface area contributed by atoms with Gasteiger partial charge in [-0.05, 0) is 30.0 Å². The van der Waals surface area contributed by atoms with E-state index >= 15 is 0 Å². The number of hydrogen-bond acceptors (Lipinski definition) is 2. The van der Waals surface area contributed by atoms with Crippen LogP contribution in [0.1, 0.15) is 19.4 Å². The highest BCUT2D eigenvalue weighted by Gasteiger charge is 2.32. The van der Waals surface area contributed by atoms with Gasteiger partial charge in [-0.15, -0.1) is 0 Å². The lowest BCUT2D eigenvalue weighted by Gasteiger charge is -2.34. The smallest absolute Gasteiger partial charge is 0.0595 e. The van der Waals surface area contributed by atoms with Crippen molar-refractivity contribution in [1.29, 1.82) is 0 Å². The van der Waals surface area contributed by atoms with Gasteiger partial charge < -0.3 is 10.2 Å². The molecule has 0 bridgehead atoms. The second kappa shape index (κ2) is 6.05. The molecule has 1 aromatic rings. The van der Waals surface area contributed by atoms with Gasteiger partial charge in [-0.2, -0.15) is 0 Å². The van der Waals surface area contributed by atoms with Crippen LogP contribution in [-0.2, 0) is 6.42 Å². The van der Waals surface area contributed by atoms with E-state index < -0.39 is 5.41 Å². The summed E-state index contributed by atoms with van der Waals surface area (Å²) in [5.41, 5.74) is 0.452. The maximum Gasteiger partial charge on any atom is 0.0595 e. The Morgan fingerprint density at radius 1 is 1.12 bits per heavy atom. The Morgan fingerprint density at radius 3 is 2.12 bits per heavy atom. The number of halogens is 2. The maximum atomic E-state index is 9.51. The summed E-state index contributed by atoms with van der Waals surface area (Å²) in [4.78, 5) is 0. The first-order valence-electron chi connectivity index (χ1n) is 5.61. The topological polar surface area (TPSA) is 40.5 Å². The molecule has 0 fully saturated rings. The molecule has 17 heavy (non-hydrogen) atoms. The fourth-order valence-electron chi connectivity index (χ4n) is 1.79. The normalized spacial score (nSPS) is 12.2. The second-order valence-electron chi connectivity index (χ2n) is 4.76. The predicted octanol–water partition coefficient (Wildman–Crippen LogP) is 3.16. The van der Waals surface area contributed by atoms with Crippen LogP contribution < -0.4 is 0 Å². The summed E-state index contributed by atoms with van der Waals surface area (Å²) in [6.07, 6.45) is 0.578. The third-order valence-electron chi connectivity index (χ3n) is 3.39. The van der Waals surface area contributed by atoms with Crippen LogP contribution in [0, 0.1) is 11.3 Å². The third-order valence-corrected chi connectivity index (χ3v) is 4.13. The van der Waals surface area contributed by atoms with Crippen LogP contribution in [0.5, 0.6) is 0 Å². The van der Waals surface area contributed by atoms with Gasteiger partial charge in [-0.3, -0.25) is 0 Å². The first-order chi connectivity index (χ1) is 7.95. The van der Waals surface area contributed by atoms with E-state index in [2.05, 4.69) is 0 Å². The lowest BCUT2D eigenvalue weighted by Crippen LogP contribution is -2.37. The molecule has 0 saturated carbocycles. The molecule has 0 aliphatic rings. The summed E-state index contributed by atoms with van der Waals surface area (Å²) in [5, 5.41) is 20.0. The lowest BCUT2D eigenvalue weighted by molar-refractivity contribution is 0.0163. The van der Waals surface area contributed by atoms with Crippen molar-refractivity contribution >= 4 is 23.2 Å². The van der Waals surface area contributed by atoms with Crippen molar-refractivity contribution in [2.45, 2.75) is 20.3 Å². The van der Waals surface area contributed by atoms with Crippen molar-refractivity contribution in [3.63, 3.8) is 0 Å². The van der Waals surface area contributed by atoms with Gasteiger partial charge in [0, 0.05) is 5.41 Å². The predicted molar refractivity (Wildman–Crippen MR) is 71.6 cm³/mol. The minimum atomic E-state index is -0.517. The van der Waals surface area contributed by atoms with Crippen molar-refractivity contribution in [2.24, 2.45) is 11.3 Å². The zero-order valence-corrected chi connectivity index (χ0v) is 11.6. The standard InChI is InChI=1S/C13H18Cl2O2/c1-9(2)13(7-16,8-17)6-10-3-4-11(14)12(15)5-10/h3-5,9,16-17H,6-8H2,1-2H3. The van der Waals surface area contributed by atoms with Crippen LogP contribution in [0.25, 0.3) is 0 Å². The zero-order chi connectivity index (χ0) is 13.1. The second-order valence-corrected chi connectivity index (χ2v) is 5.57. The van der Waals surface area contributed by atoms with Crippen molar-refractivity contribution < 1.29 is 10.2 Å². The minimum Gasteiger partial charge on any atom is -0.396 e. The molecule has 0 aromatic heterocycles. The van der Waals surface area contributed by atoms with Gasteiger partial charge in [0.25, 0.3) is 0 Å². The molecule has 0 unspecified atom stereocenters. The van der Waals surface area contributed by atoms with Crippen molar-refractivity contribution in [1.82, 2.24) is 0 Å².